The Morgan fingerprint density at radius 2 is 1.51 bits per heavy atom. The van der Waals surface area contributed by atoms with Gasteiger partial charge < -0.3 is 14.8 Å². The van der Waals surface area contributed by atoms with E-state index in [1.165, 1.54) is 11.3 Å². The lowest BCUT2D eigenvalue weighted by Gasteiger charge is -2.10. The molecule has 4 aromatic rings. The molecule has 0 saturated heterocycles. The van der Waals surface area contributed by atoms with E-state index >= 15 is 0 Å². The van der Waals surface area contributed by atoms with Crippen LogP contribution in [0.3, 0.4) is 0 Å². The van der Waals surface area contributed by atoms with Crippen LogP contribution in [0.5, 0.6) is 5.75 Å². The summed E-state index contributed by atoms with van der Waals surface area (Å²) >= 11 is 1.33. The number of methoxy groups -OCH3 is 1. The third-order valence-corrected chi connectivity index (χ3v) is 6.52. The van der Waals surface area contributed by atoms with Crippen LogP contribution < -0.4 is 10.1 Å². The Morgan fingerprint density at radius 3 is 2.17 bits per heavy atom. The minimum absolute atomic E-state index is 0.154. The lowest BCUT2D eigenvalue weighted by Crippen LogP contribution is -2.15. The molecule has 1 heterocycles. The van der Waals surface area contributed by atoms with Crippen LogP contribution in [0.15, 0.2) is 84.2 Å². The summed E-state index contributed by atoms with van der Waals surface area (Å²) in [5.41, 5.74) is 5.29. The summed E-state index contributed by atoms with van der Waals surface area (Å²) in [6.45, 7) is 2.03. The van der Waals surface area contributed by atoms with E-state index in [-0.39, 0.29) is 12.5 Å². The van der Waals surface area contributed by atoms with Gasteiger partial charge in [0.05, 0.1) is 13.7 Å². The number of ether oxygens (including phenoxy) is 2. The van der Waals surface area contributed by atoms with Gasteiger partial charge in [-0.1, -0.05) is 66.7 Å². The molecule has 5 nitrogen and oxygen atoms in total. The van der Waals surface area contributed by atoms with Crippen LogP contribution in [-0.4, -0.2) is 25.6 Å². The first-order valence-corrected chi connectivity index (χ1v) is 12.3. The quantitative estimate of drug-likeness (QED) is 0.264. The molecule has 0 atom stereocenters. The van der Waals surface area contributed by atoms with Gasteiger partial charge in [0.25, 0.3) is 0 Å². The zero-order chi connectivity index (χ0) is 24.6. The van der Waals surface area contributed by atoms with Crippen molar-refractivity contribution in [2.75, 3.05) is 19.0 Å². The van der Waals surface area contributed by atoms with E-state index in [9.17, 15) is 9.59 Å². The highest BCUT2D eigenvalue weighted by atomic mass is 32.1. The second kappa shape index (κ2) is 11.5. The highest BCUT2D eigenvalue weighted by Crippen LogP contribution is 2.37. The van der Waals surface area contributed by atoms with Crippen molar-refractivity contribution in [2.45, 2.75) is 19.8 Å². The van der Waals surface area contributed by atoms with Gasteiger partial charge in [-0.05, 0) is 47.7 Å². The Labute approximate surface area is 209 Å². The molecule has 178 valence electrons. The maximum Gasteiger partial charge on any atom is 0.341 e. The van der Waals surface area contributed by atoms with E-state index in [1.54, 1.807) is 14.0 Å². The lowest BCUT2D eigenvalue weighted by atomic mass is 9.99. The molecule has 35 heavy (non-hydrogen) atoms. The van der Waals surface area contributed by atoms with Crippen molar-refractivity contribution in [3.63, 3.8) is 0 Å². The molecule has 0 aliphatic heterocycles. The van der Waals surface area contributed by atoms with Crippen LogP contribution >= 0.6 is 11.3 Å². The van der Waals surface area contributed by atoms with Gasteiger partial charge >= 0.3 is 5.97 Å². The van der Waals surface area contributed by atoms with Crippen molar-refractivity contribution >= 4 is 28.2 Å². The number of carbonyl (C=O) groups is 2. The minimum Gasteiger partial charge on any atom is -0.497 e. The highest BCUT2D eigenvalue weighted by Gasteiger charge is 2.23. The monoisotopic (exact) mass is 485 g/mol. The molecule has 0 fully saturated rings. The second-order valence-electron chi connectivity index (χ2n) is 7.91. The third kappa shape index (κ3) is 5.97. The summed E-state index contributed by atoms with van der Waals surface area (Å²) in [7, 11) is 1.62. The van der Waals surface area contributed by atoms with Crippen molar-refractivity contribution in [1.29, 1.82) is 0 Å². The molecule has 0 bridgehead atoms. The molecule has 0 radical (unpaired) electrons. The third-order valence-electron chi connectivity index (χ3n) is 5.63. The Morgan fingerprint density at radius 1 is 0.857 bits per heavy atom. The zero-order valence-corrected chi connectivity index (χ0v) is 20.6. The maximum atomic E-state index is 12.9. The van der Waals surface area contributed by atoms with E-state index < -0.39 is 5.97 Å². The smallest absolute Gasteiger partial charge is 0.341 e. The van der Waals surface area contributed by atoms with Crippen molar-refractivity contribution in [3.05, 3.63) is 95.4 Å². The van der Waals surface area contributed by atoms with Gasteiger partial charge in [0.1, 0.15) is 16.3 Å². The van der Waals surface area contributed by atoms with Crippen molar-refractivity contribution in [1.82, 2.24) is 0 Å². The van der Waals surface area contributed by atoms with Crippen LogP contribution in [0.2, 0.25) is 0 Å². The topological polar surface area (TPSA) is 64.6 Å². The van der Waals surface area contributed by atoms with Crippen LogP contribution in [0, 0.1) is 0 Å². The molecule has 0 aliphatic rings. The summed E-state index contributed by atoms with van der Waals surface area (Å²) in [5.74, 6) is 0.181. The summed E-state index contributed by atoms with van der Waals surface area (Å²) in [6, 6.07) is 25.8. The average Bonchev–Trinajstić information content (AvgIpc) is 3.32. The Balaban J connectivity index is 1.52. The molecule has 1 amide bonds. The highest BCUT2D eigenvalue weighted by molar-refractivity contribution is 7.15. The fourth-order valence-corrected chi connectivity index (χ4v) is 4.75. The molecule has 6 heteroatoms. The molecular weight excluding hydrogens is 458 g/mol. The minimum atomic E-state index is -0.443. The van der Waals surface area contributed by atoms with Gasteiger partial charge in [-0.25, -0.2) is 4.79 Å². The Bertz CT molecular complexity index is 1280. The van der Waals surface area contributed by atoms with Gasteiger partial charge in [-0.3, -0.25) is 4.79 Å². The Kier molecular flexibility index (Phi) is 7.95. The van der Waals surface area contributed by atoms with E-state index in [1.807, 2.05) is 72.1 Å². The fraction of sp³-hybridized carbons (Fsp3) is 0.172. The van der Waals surface area contributed by atoms with Gasteiger partial charge in [0.2, 0.25) is 5.91 Å². The number of carbonyl (C=O) groups excluding carboxylic acids is 2. The van der Waals surface area contributed by atoms with E-state index in [2.05, 4.69) is 17.4 Å². The van der Waals surface area contributed by atoms with Gasteiger partial charge in [0, 0.05) is 17.4 Å². The number of rotatable bonds is 9. The van der Waals surface area contributed by atoms with Gasteiger partial charge in [-0.2, -0.15) is 0 Å². The van der Waals surface area contributed by atoms with Crippen LogP contribution in [0.1, 0.15) is 29.3 Å². The average molecular weight is 486 g/mol. The van der Waals surface area contributed by atoms with E-state index in [0.717, 1.165) is 33.6 Å². The number of aryl methyl sites for hydroxylation is 1. The number of thiophene rings is 1. The van der Waals surface area contributed by atoms with Crippen molar-refractivity contribution < 1.29 is 19.1 Å². The first kappa shape index (κ1) is 24.2. The normalized spacial score (nSPS) is 10.6. The van der Waals surface area contributed by atoms with Crippen molar-refractivity contribution in [3.8, 4) is 28.0 Å². The second-order valence-corrected chi connectivity index (χ2v) is 8.79. The summed E-state index contributed by atoms with van der Waals surface area (Å²) in [6.07, 6.45) is 0.886. The summed E-state index contributed by atoms with van der Waals surface area (Å²) in [5, 5.41) is 5.32. The number of benzene rings is 3. The van der Waals surface area contributed by atoms with Crippen molar-refractivity contribution in [2.24, 2.45) is 0 Å². The molecule has 3 aromatic carbocycles. The lowest BCUT2D eigenvalue weighted by molar-refractivity contribution is -0.116. The van der Waals surface area contributed by atoms with Crippen LogP contribution in [0.25, 0.3) is 22.3 Å². The summed E-state index contributed by atoms with van der Waals surface area (Å²) < 4.78 is 10.5. The van der Waals surface area contributed by atoms with Gasteiger partial charge in [0.15, 0.2) is 0 Å². The number of hydrogen-bond acceptors (Lipinski definition) is 5. The Hall–Kier alpha value is -3.90. The van der Waals surface area contributed by atoms with Crippen LogP contribution in [0.4, 0.5) is 5.00 Å². The summed E-state index contributed by atoms with van der Waals surface area (Å²) in [4.78, 5) is 25.6. The molecule has 1 N–H and O–H groups in total. The molecule has 4 rings (SSSR count). The van der Waals surface area contributed by atoms with Gasteiger partial charge in [-0.15, -0.1) is 11.3 Å². The number of amides is 1. The molecular formula is C29H27NO4S. The molecule has 0 saturated carbocycles. The predicted molar refractivity (Wildman–Crippen MR) is 141 cm³/mol. The fourth-order valence-electron chi connectivity index (χ4n) is 3.78. The molecule has 0 aliphatic carbocycles. The van der Waals surface area contributed by atoms with E-state index in [0.29, 0.717) is 23.4 Å². The molecule has 0 unspecified atom stereocenters. The first-order valence-electron chi connectivity index (χ1n) is 11.5. The zero-order valence-electron chi connectivity index (χ0n) is 19.7. The largest absolute Gasteiger partial charge is 0.497 e. The maximum absolute atomic E-state index is 12.9. The SMILES string of the molecule is CCOC(=O)c1c(-c2ccc(-c3ccccc3)cc2)csc1NC(=O)CCc1ccc(OC)cc1. The molecule has 0 spiro atoms. The predicted octanol–water partition coefficient (Wildman–Crippen LogP) is 6.84. The number of hydrogen-bond donors (Lipinski definition) is 1. The van der Waals surface area contributed by atoms with Crippen LogP contribution in [-0.2, 0) is 16.0 Å². The number of esters is 1. The number of nitrogens with one attached hydrogen (secondary N) is 1. The molecule has 1 aromatic heterocycles. The number of anilines is 1. The standard InChI is InChI=1S/C29H27NO4S/c1-3-34-29(32)27-25(23-14-12-22(13-15-23)21-7-5-4-6-8-21)19-35-28(27)30-26(31)18-11-20-9-16-24(33-2)17-10-20/h4-10,12-17,19H,3,11,18H2,1-2H3,(H,30,31). The van der Waals surface area contributed by atoms with E-state index in [4.69, 9.17) is 9.47 Å². The first-order chi connectivity index (χ1) is 17.1.